The monoisotopic (exact) mass is 263 g/mol. The van der Waals surface area contributed by atoms with Crippen LogP contribution in [-0.2, 0) is 4.79 Å². The highest BCUT2D eigenvalue weighted by atomic mass is 16.4. The molecular weight excluding hydrogens is 246 g/mol. The van der Waals surface area contributed by atoms with Crippen LogP contribution in [0.2, 0.25) is 0 Å². The molecule has 0 radical (unpaired) electrons. The minimum Gasteiger partial charge on any atom is -0.508 e. The third-order valence-corrected chi connectivity index (χ3v) is 3.38. The summed E-state index contributed by atoms with van der Waals surface area (Å²) in [6.45, 7) is 1.15. The number of carboxylic acid groups (broad SMARTS) is 1. The molecule has 1 atom stereocenters. The highest BCUT2D eigenvalue weighted by Gasteiger charge is 2.25. The predicted molar refractivity (Wildman–Crippen MR) is 69.0 cm³/mol. The Morgan fingerprint density at radius 3 is 2.58 bits per heavy atom. The van der Waals surface area contributed by atoms with E-state index in [1.54, 1.807) is 17.0 Å². The molecule has 1 fully saturated rings. The molecule has 1 aliphatic rings. The Kier molecular flexibility index (Phi) is 4.04. The number of amides is 1. The Hall–Kier alpha value is -2.04. The van der Waals surface area contributed by atoms with Gasteiger partial charge in [0.2, 0.25) is 0 Å². The fourth-order valence-corrected chi connectivity index (χ4v) is 2.45. The first-order valence-electron chi connectivity index (χ1n) is 6.36. The van der Waals surface area contributed by atoms with E-state index in [0.29, 0.717) is 18.7 Å². The van der Waals surface area contributed by atoms with Gasteiger partial charge >= 0.3 is 5.97 Å². The number of aliphatic carboxylic acids is 1. The molecule has 5 nitrogen and oxygen atoms in total. The molecule has 2 N–H and O–H groups in total. The van der Waals surface area contributed by atoms with Crippen molar-refractivity contribution in [2.75, 3.05) is 13.1 Å². The average Bonchev–Trinajstić information content (AvgIpc) is 2.38. The summed E-state index contributed by atoms with van der Waals surface area (Å²) in [5.41, 5.74) is 0.522. The molecule has 1 amide bonds. The molecule has 0 saturated carbocycles. The van der Waals surface area contributed by atoms with Crippen LogP contribution in [0.15, 0.2) is 24.3 Å². The van der Waals surface area contributed by atoms with Crippen LogP contribution in [0.5, 0.6) is 5.75 Å². The summed E-state index contributed by atoms with van der Waals surface area (Å²) in [4.78, 5) is 24.7. The zero-order valence-electron chi connectivity index (χ0n) is 10.6. The van der Waals surface area contributed by atoms with Crippen LogP contribution in [0, 0.1) is 5.92 Å². The number of carbonyl (C=O) groups is 2. The lowest BCUT2D eigenvalue weighted by Gasteiger charge is -2.32. The van der Waals surface area contributed by atoms with Crippen LogP contribution in [-0.4, -0.2) is 40.1 Å². The largest absolute Gasteiger partial charge is 0.508 e. The van der Waals surface area contributed by atoms with Gasteiger partial charge in [-0.15, -0.1) is 0 Å². The lowest BCUT2D eigenvalue weighted by Crippen LogP contribution is -2.40. The van der Waals surface area contributed by atoms with Crippen molar-refractivity contribution in [3.05, 3.63) is 29.8 Å². The second kappa shape index (κ2) is 5.73. The second-order valence-corrected chi connectivity index (χ2v) is 4.90. The summed E-state index contributed by atoms with van der Waals surface area (Å²) in [7, 11) is 0. The third kappa shape index (κ3) is 3.47. The summed E-state index contributed by atoms with van der Waals surface area (Å²) >= 11 is 0. The van der Waals surface area contributed by atoms with Crippen molar-refractivity contribution >= 4 is 11.9 Å². The number of hydrogen-bond acceptors (Lipinski definition) is 3. The SMILES string of the molecule is O=C(O)CC1CCCN(C(=O)c2ccc(O)cc2)C1. The van der Waals surface area contributed by atoms with Crippen molar-refractivity contribution in [1.29, 1.82) is 0 Å². The molecule has 2 rings (SSSR count). The molecule has 1 saturated heterocycles. The lowest BCUT2D eigenvalue weighted by atomic mass is 9.94. The maximum absolute atomic E-state index is 12.2. The van der Waals surface area contributed by atoms with E-state index in [1.807, 2.05) is 0 Å². The van der Waals surface area contributed by atoms with Gasteiger partial charge in [0.25, 0.3) is 5.91 Å². The quantitative estimate of drug-likeness (QED) is 0.870. The number of benzene rings is 1. The van der Waals surface area contributed by atoms with Gasteiger partial charge in [0.1, 0.15) is 5.75 Å². The lowest BCUT2D eigenvalue weighted by molar-refractivity contribution is -0.138. The van der Waals surface area contributed by atoms with Crippen LogP contribution < -0.4 is 0 Å². The number of carboxylic acids is 1. The van der Waals surface area contributed by atoms with Crippen LogP contribution in [0.25, 0.3) is 0 Å². The standard InChI is InChI=1S/C14H17NO4/c16-12-5-3-11(4-6-12)14(19)15-7-1-2-10(9-15)8-13(17)18/h3-6,10,16H,1-2,7-9H2,(H,17,18). The van der Waals surface area contributed by atoms with Gasteiger partial charge in [-0.3, -0.25) is 9.59 Å². The Balaban J connectivity index is 2.02. The van der Waals surface area contributed by atoms with E-state index in [0.717, 1.165) is 12.8 Å². The van der Waals surface area contributed by atoms with Crippen molar-refractivity contribution in [1.82, 2.24) is 4.90 Å². The van der Waals surface area contributed by atoms with E-state index >= 15 is 0 Å². The number of aromatic hydroxyl groups is 1. The van der Waals surface area contributed by atoms with Crippen molar-refractivity contribution in [2.45, 2.75) is 19.3 Å². The van der Waals surface area contributed by atoms with Gasteiger partial charge in [-0.05, 0) is 43.0 Å². The van der Waals surface area contributed by atoms with Crippen LogP contribution >= 0.6 is 0 Å². The molecule has 0 bridgehead atoms. The molecule has 1 unspecified atom stereocenters. The van der Waals surface area contributed by atoms with Crippen LogP contribution in [0.3, 0.4) is 0 Å². The first kappa shape index (κ1) is 13.4. The summed E-state index contributed by atoms with van der Waals surface area (Å²) < 4.78 is 0. The first-order valence-corrected chi connectivity index (χ1v) is 6.36. The minimum absolute atomic E-state index is 0.0346. The Morgan fingerprint density at radius 1 is 1.26 bits per heavy atom. The molecule has 1 aromatic rings. The number of rotatable bonds is 3. The molecule has 102 valence electrons. The number of hydrogen-bond donors (Lipinski definition) is 2. The van der Waals surface area contributed by atoms with Gasteiger partial charge in [0.05, 0.1) is 0 Å². The zero-order valence-corrected chi connectivity index (χ0v) is 10.6. The van der Waals surface area contributed by atoms with Crippen molar-refractivity contribution in [3.8, 4) is 5.75 Å². The van der Waals surface area contributed by atoms with E-state index in [-0.39, 0.29) is 24.0 Å². The van der Waals surface area contributed by atoms with Crippen molar-refractivity contribution in [2.24, 2.45) is 5.92 Å². The fraction of sp³-hybridized carbons (Fsp3) is 0.429. The zero-order chi connectivity index (χ0) is 13.8. The molecule has 1 aliphatic heterocycles. The summed E-state index contributed by atoms with van der Waals surface area (Å²) in [6.07, 6.45) is 1.80. The number of piperidine rings is 1. The molecule has 0 aliphatic carbocycles. The second-order valence-electron chi connectivity index (χ2n) is 4.90. The van der Waals surface area contributed by atoms with Crippen molar-refractivity contribution < 1.29 is 19.8 Å². The highest BCUT2D eigenvalue weighted by Crippen LogP contribution is 2.21. The number of likely N-dealkylation sites (tertiary alicyclic amines) is 1. The van der Waals surface area contributed by atoms with Gasteiger partial charge < -0.3 is 15.1 Å². The van der Waals surface area contributed by atoms with Gasteiger partial charge in [0, 0.05) is 25.1 Å². The van der Waals surface area contributed by atoms with E-state index in [2.05, 4.69) is 0 Å². The van der Waals surface area contributed by atoms with Crippen molar-refractivity contribution in [3.63, 3.8) is 0 Å². The normalized spacial score (nSPS) is 19.2. The molecular formula is C14H17NO4. The molecule has 1 aromatic carbocycles. The van der Waals surface area contributed by atoms with Gasteiger partial charge in [-0.2, -0.15) is 0 Å². The Morgan fingerprint density at radius 2 is 1.95 bits per heavy atom. The predicted octanol–water partition coefficient (Wildman–Crippen LogP) is 1.72. The number of carbonyl (C=O) groups excluding carboxylic acids is 1. The highest BCUT2D eigenvalue weighted by molar-refractivity contribution is 5.94. The minimum atomic E-state index is -0.816. The molecule has 0 spiro atoms. The van der Waals surface area contributed by atoms with E-state index < -0.39 is 5.97 Å². The topological polar surface area (TPSA) is 77.8 Å². The molecule has 19 heavy (non-hydrogen) atoms. The number of nitrogens with zero attached hydrogens (tertiary/aromatic N) is 1. The Labute approximate surface area is 111 Å². The van der Waals surface area contributed by atoms with Gasteiger partial charge in [0.15, 0.2) is 0 Å². The first-order chi connectivity index (χ1) is 9.06. The van der Waals surface area contributed by atoms with Crippen LogP contribution in [0.4, 0.5) is 0 Å². The number of phenols is 1. The average molecular weight is 263 g/mol. The Bertz CT molecular complexity index is 469. The smallest absolute Gasteiger partial charge is 0.303 e. The van der Waals surface area contributed by atoms with E-state index in [1.165, 1.54) is 12.1 Å². The molecule has 1 heterocycles. The summed E-state index contributed by atoms with van der Waals surface area (Å²) in [6, 6.07) is 6.12. The van der Waals surface area contributed by atoms with E-state index in [4.69, 9.17) is 5.11 Å². The number of phenolic OH excluding ortho intramolecular Hbond substituents is 1. The van der Waals surface area contributed by atoms with Crippen LogP contribution in [0.1, 0.15) is 29.6 Å². The maximum Gasteiger partial charge on any atom is 0.303 e. The summed E-state index contributed by atoms with van der Waals surface area (Å²) in [5, 5.41) is 18.0. The van der Waals surface area contributed by atoms with Gasteiger partial charge in [-0.25, -0.2) is 0 Å². The third-order valence-electron chi connectivity index (χ3n) is 3.38. The molecule has 0 aromatic heterocycles. The van der Waals surface area contributed by atoms with E-state index in [9.17, 15) is 14.7 Å². The maximum atomic E-state index is 12.2. The van der Waals surface area contributed by atoms with Gasteiger partial charge in [-0.1, -0.05) is 0 Å². The summed E-state index contributed by atoms with van der Waals surface area (Å²) in [5.74, 6) is -0.759. The fourth-order valence-electron chi connectivity index (χ4n) is 2.45. The molecule has 5 heteroatoms.